The van der Waals surface area contributed by atoms with Gasteiger partial charge in [-0.2, -0.15) is 0 Å². The van der Waals surface area contributed by atoms with E-state index < -0.39 is 10.9 Å². The fourth-order valence-corrected chi connectivity index (χ4v) is 3.33. The predicted molar refractivity (Wildman–Crippen MR) is 111 cm³/mol. The Balaban J connectivity index is 2.10. The van der Waals surface area contributed by atoms with Gasteiger partial charge in [-0.25, -0.2) is 4.79 Å². The van der Waals surface area contributed by atoms with Crippen LogP contribution in [0.4, 0.5) is 5.69 Å². The van der Waals surface area contributed by atoms with E-state index in [1.807, 2.05) is 0 Å². The summed E-state index contributed by atoms with van der Waals surface area (Å²) in [5, 5.41) is 21.1. The maximum atomic E-state index is 11.8. The van der Waals surface area contributed by atoms with Gasteiger partial charge in [0.1, 0.15) is 5.76 Å². The summed E-state index contributed by atoms with van der Waals surface area (Å²) in [6.07, 6.45) is 0.168. The number of nitro benzene ring substituents is 1. The molecule has 31 heavy (non-hydrogen) atoms. The van der Waals surface area contributed by atoms with E-state index in [4.69, 9.17) is 18.6 Å². The molecular weight excluding hydrogens is 406 g/mol. The number of benzene rings is 2. The van der Waals surface area contributed by atoms with Gasteiger partial charge in [0.25, 0.3) is 5.69 Å². The Labute approximate surface area is 177 Å². The number of carboxylic acids is 1. The molecule has 162 valence electrons. The zero-order chi connectivity index (χ0) is 22.7. The second-order valence-electron chi connectivity index (χ2n) is 6.76. The average molecular weight is 427 g/mol. The van der Waals surface area contributed by atoms with E-state index >= 15 is 0 Å². The Morgan fingerprint density at radius 1 is 1.06 bits per heavy atom. The van der Waals surface area contributed by atoms with Crippen LogP contribution in [0.25, 0.3) is 11.3 Å². The molecule has 1 N–H and O–H groups in total. The van der Waals surface area contributed by atoms with Crippen molar-refractivity contribution in [2.75, 3.05) is 21.3 Å². The number of carboxylic acid groups (broad SMARTS) is 1. The van der Waals surface area contributed by atoms with Gasteiger partial charge in [-0.1, -0.05) is 6.07 Å². The van der Waals surface area contributed by atoms with Crippen LogP contribution in [0.3, 0.4) is 0 Å². The quantitative estimate of drug-likeness (QED) is 0.413. The highest BCUT2D eigenvalue weighted by atomic mass is 16.6. The van der Waals surface area contributed by atoms with E-state index in [-0.39, 0.29) is 29.2 Å². The number of aromatic carboxylic acids is 1. The van der Waals surface area contributed by atoms with Crippen LogP contribution in [-0.2, 0) is 6.42 Å². The summed E-state index contributed by atoms with van der Waals surface area (Å²) in [7, 11) is 4.45. The van der Waals surface area contributed by atoms with E-state index in [0.717, 1.165) is 0 Å². The zero-order valence-electron chi connectivity index (χ0n) is 17.4. The first-order valence-corrected chi connectivity index (χ1v) is 9.19. The van der Waals surface area contributed by atoms with E-state index in [1.165, 1.54) is 33.5 Å². The molecule has 0 fully saturated rings. The summed E-state index contributed by atoms with van der Waals surface area (Å²) < 4.78 is 21.5. The van der Waals surface area contributed by atoms with Crippen LogP contribution in [0.15, 0.2) is 40.8 Å². The van der Waals surface area contributed by atoms with Gasteiger partial charge in [0.15, 0.2) is 11.5 Å². The minimum absolute atomic E-state index is 0.103. The number of hydrogen-bond acceptors (Lipinski definition) is 7. The third-order valence-electron chi connectivity index (χ3n) is 4.74. The molecule has 1 aromatic heterocycles. The molecule has 0 unspecified atom stereocenters. The second-order valence-corrected chi connectivity index (χ2v) is 6.76. The van der Waals surface area contributed by atoms with Crippen molar-refractivity contribution in [3.63, 3.8) is 0 Å². The molecule has 0 aliphatic carbocycles. The van der Waals surface area contributed by atoms with E-state index in [9.17, 15) is 20.0 Å². The average Bonchev–Trinajstić information content (AvgIpc) is 3.16. The fraction of sp³-hybridized carbons (Fsp3) is 0.227. The van der Waals surface area contributed by atoms with Gasteiger partial charge in [-0.05, 0) is 42.3 Å². The maximum Gasteiger partial charge on any atom is 0.372 e. The van der Waals surface area contributed by atoms with Crippen LogP contribution in [0.2, 0.25) is 0 Å². The molecule has 0 saturated carbocycles. The summed E-state index contributed by atoms with van der Waals surface area (Å²) in [6, 6.07) is 9.56. The zero-order valence-corrected chi connectivity index (χ0v) is 17.4. The highest BCUT2D eigenvalue weighted by Gasteiger charge is 2.24. The molecule has 0 spiro atoms. The number of carbonyl (C=O) groups is 1. The van der Waals surface area contributed by atoms with Gasteiger partial charge in [0.05, 0.1) is 31.8 Å². The summed E-state index contributed by atoms with van der Waals surface area (Å²) in [6.45, 7) is 1.73. The Morgan fingerprint density at radius 3 is 2.23 bits per heavy atom. The van der Waals surface area contributed by atoms with E-state index in [1.54, 1.807) is 31.2 Å². The molecule has 0 saturated heterocycles. The number of aryl methyl sites for hydroxylation is 1. The van der Waals surface area contributed by atoms with Gasteiger partial charge in [0, 0.05) is 18.1 Å². The first-order valence-electron chi connectivity index (χ1n) is 9.19. The van der Waals surface area contributed by atoms with Crippen LogP contribution in [0.5, 0.6) is 17.2 Å². The third kappa shape index (κ3) is 4.30. The van der Waals surface area contributed by atoms with Crippen molar-refractivity contribution in [3.05, 3.63) is 69.0 Å². The third-order valence-corrected chi connectivity index (χ3v) is 4.74. The molecular formula is C22H21NO8. The Kier molecular flexibility index (Phi) is 6.15. The first kappa shape index (κ1) is 21.7. The number of nitrogens with zero attached hydrogens (tertiary/aromatic N) is 1. The van der Waals surface area contributed by atoms with E-state index in [0.29, 0.717) is 33.9 Å². The van der Waals surface area contributed by atoms with Gasteiger partial charge < -0.3 is 23.7 Å². The standard InChI is InChI=1S/C22H21NO8/c1-12-5-6-15(16(7-12)23(26)27)17-11-14(20(31-17)22(24)25)8-13-9-18(28-2)21(30-4)19(10-13)29-3/h5-7,9-11H,8H2,1-4H3,(H,24,25). The van der Waals surface area contributed by atoms with Crippen molar-refractivity contribution in [1.82, 2.24) is 0 Å². The molecule has 0 aliphatic rings. The summed E-state index contributed by atoms with van der Waals surface area (Å²) in [4.78, 5) is 22.7. The first-order chi connectivity index (χ1) is 14.8. The van der Waals surface area contributed by atoms with Crippen molar-refractivity contribution in [3.8, 4) is 28.6 Å². The fourth-order valence-electron chi connectivity index (χ4n) is 3.33. The maximum absolute atomic E-state index is 11.8. The normalized spacial score (nSPS) is 10.6. The Hall–Kier alpha value is -4.01. The molecule has 0 bridgehead atoms. The molecule has 9 nitrogen and oxygen atoms in total. The van der Waals surface area contributed by atoms with Crippen LogP contribution >= 0.6 is 0 Å². The van der Waals surface area contributed by atoms with Crippen LogP contribution in [0.1, 0.15) is 27.2 Å². The van der Waals surface area contributed by atoms with Gasteiger partial charge in [0.2, 0.25) is 11.5 Å². The topological polar surface area (TPSA) is 121 Å². The van der Waals surface area contributed by atoms with Crippen molar-refractivity contribution in [2.24, 2.45) is 0 Å². The minimum atomic E-state index is -1.27. The van der Waals surface area contributed by atoms with Crippen molar-refractivity contribution in [2.45, 2.75) is 13.3 Å². The Morgan fingerprint density at radius 2 is 1.71 bits per heavy atom. The lowest BCUT2D eigenvalue weighted by Gasteiger charge is -2.14. The summed E-state index contributed by atoms with van der Waals surface area (Å²) in [5.41, 5.74) is 1.78. The number of furan rings is 1. The number of ether oxygens (including phenoxy) is 3. The summed E-state index contributed by atoms with van der Waals surface area (Å²) >= 11 is 0. The molecule has 0 aliphatic heterocycles. The molecule has 1 heterocycles. The van der Waals surface area contributed by atoms with Gasteiger partial charge in [-0.3, -0.25) is 10.1 Å². The van der Waals surface area contributed by atoms with Crippen molar-refractivity contribution in [1.29, 1.82) is 0 Å². The lowest BCUT2D eigenvalue weighted by Crippen LogP contribution is -2.01. The number of hydrogen-bond donors (Lipinski definition) is 1. The number of rotatable bonds is 8. The van der Waals surface area contributed by atoms with Gasteiger partial charge in [-0.15, -0.1) is 0 Å². The predicted octanol–water partition coefficient (Wildman–Crippen LogP) is 4.48. The van der Waals surface area contributed by atoms with Crippen LogP contribution < -0.4 is 14.2 Å². The largest absolute Gasteiger partial charge is 0.493 e. The Bertz CT molecular complexity index is 1120. The lowest BCUT2D eigenvalue weighted by atomic mass is 10.0. The van der Waals surface area contributed by atoms with Crippen molar-refractivity contribution < 1.29 is 33.5 Å². The monoisotopic (exact) mass is 427 g/mol. The molecule has 0 amide bonds. The molecule has 0 atom stereocenters. The van der Waals surface area contributed by atoms with Crippen LogP contribution in [0, 0.1) is 17.0 Å². The highest BCUT2D eigenvalue weighted by Crippen LogP contribution is 2.40. The molecule has 0 radical (unpaired) electrons. The number of nitro groups is 1. The SMILES string of the molecule is COc1cc(Cc2cc(-c3ccc(C)cc3[N+](=O)[O-])oc2C(=O)O)cc(OC)c1OC. The highest BCUT2D eigenvalue weighted by molar-refractivity contribution is 5.88. The van der Waals surface area contributed by atoms with Gasteiger partial charge >= 0.3 is 5.97 Å². The smallest absolute Gasteiger partial charge is 0.372 e. The van der Waals surface area contributed by atoms with Crippen molar-refractivity contribution >= 4 is 11.7 Å². The molecule has 3 aromatic rings. The summed E-state index contributed by atoms with van der Waals surface area (Å²) in [5.74, 6) is -0.206. The lowest BCUT2D eigenvalue weighted by molar-refractivity contribution is -0.384. The number of methoxy groups -OCH3 is 3. The molecule has 2 aromatic carbocycles. The second kappa shape index (κ2) is 8.78. The molecule has 3 rings (SSSR count). The molecule has 9 heteroatoms. The van der Waals surface area contributed by atoms with Crippen LogP contribution in [-0.4, -0.2) is 37.3 Å². The van der Waals surface area contributed by atoms with E-state index in [2.05, 4.69) is 0 Å². The minimum Gasteiger partial charge on any atom is -0.493 e.